The van der Waals surface area contributed by atoms with Crippen LogP contribution < -0.4 is 25.9 Å². The summed E-state index contributed by atoms with van der Waals surface area (Å²) in [7, 11) is 0. The van der Waals surface area contributed by atoms with Crippen LogP contribution >= 0.6 is 0 Å². The van der Waals surface area contributed by atoms with E-state index >= 15 is 0 Å². The molecular formula is C20H26IO+. The molecule has 1 nitrogen and oxygen atoms in total. The van der Waals surface area contributed by atoms with Gasteiger partial charge in [0.25, 0.3) is 0 Å². The van der Waals surface area contributed by atoms with Gasteiger partial charge < -0.3 is 4.74 Å². The molecule has 0 aromatic heterocycles. The molecule has 1 atom stereocenters. The highest BCUT2D eigenvalue weighted by Crippen LogP contribution is 2.16. The minimum absolute atomic E-state index is 0.0738. The van der Waals surface area contributed by atoms with Gasteiger partial charge in [-0.1, -0.05) is 51.3 Å². The van der Waals surface area contributed by atoms with Crippen molar-refractivity contribution >= 4 is 0 Å². The first-order valence-electron chi connectivity index (χ1n) is 8.24. The third-order valence-electron chi connectivity index (χ3n) is 3.79. The number of unbranched alkanes of at least 4 members (excludes halogenated alkanes) is 1. The lowest BCUT2D eigenvalue weighted by atomic mass is 10.0. The van der Waals surface area contributed by atoms with Crippen LogP contribution in [0.4, 0.5) is 0 Å². The number of benzene rings is 2. The van der Waals surface area contributed by atoms with Gasteiger partial charge in [-0.05, 0) is 48.7 Å². The molecule has 1 unspecified atom stereocenters. The van der Waals surface area contributed by atoms with Gasteiger partial charge in [-0.15, -0.1) is 0 Å². The molecular weight excluding hydrogens is 383 g/mol. The molecule has 22 heavy (non-hydrogen) atoms. The average Bonchev–Trinajstić information content (AvgIpc) is 2.57. The average molecular weight is 409 g/mol. The standard InChI is InChI=1S/C20H26IO/c1-3-5-9-17(4-2)16-22-20-14-12-19(13-15-20)21-18-10-7-6-8-11-18/h6-8,10-15,17H,3-5,9,16H2,1-2H3/q+1. The second-order valence-electron chi connectivity index (χ2n) is 5.57. The molecule has 0 saturated carbocycles. The Morgan fingerprint density at radius 2 is 1.59 bits per heavy atom. The lowest BCUT2D eigenvalue weighted by Crippen LogP contribution is -3.61. The Kier molecular flexibility index (Phi) is 7.78. The summed E-state index contributed by atoms with van der Waals surface area (Å²) in [6.45, 7) is 5.36. The van der Waals surface area contributed by atoms with E-state index in [4.69, 9.17) is 4.74 Å². The fourth-order valence-corrected chi connectivity index (χ4v) is 4.52. The predicted molar refractivity (Wildman–Crippen MR) is 89.1 cm³/mol. The van der Waals surface area contributed by atoms with E-state index in [1.807, 2.05) is 0 Å². The Hall–Kier alpha value is -1.03. The number of ether oxygens (including phenoxy) is 1. The molecule has 2 aromatic rings. The van der Waals surface area contributed by atoms with Gasteiger partial charge in [0.15, 0.2) is 7.14 Å². The topological polar surface area (TPSA) is 9.23 Å². The van der Waals surface area contributed by atoms with Gasteiger partial charge in [0, 0.05) is 0 Å². The van der Waals surface area contributed by atoms with Gasteiger partial charge in [-0.3, -0.25) is 0 Å². The van der Waals surface area contributed by atoms with E-state index in [1.165, 1.54) is 32.8 Å². The fourth-order valence-electron chi connectivity index (χ4n) is 2.31. The molecule has 0 amide bonds. The molecule has 0 heterocycles. The molecule has 0 spiro atoms. The Morgan fingerprint density at radius 1 is 0.909 bits per heavy atom. The van der Waals surface area contributed by atoms with Crippen LogP contribution in [0.3, 0.4) is 0 Å². The summed E-state index contributed by atoms with van der Waals surface area (Å²) in [5.74, 6) is 1.70. The smallest absolute Gasteiger partial charge is 0.357 e. The third-order valence-corrected chi connectivity index (χ3v) is 6.48. The number of hydrogen-bond donors (Lipinski definition) is 0. The molecule has 0 fully saturated rings. The molecule has 2 heteroatoms. The molecule has 0 aliphatic rings. The minimum atomic E-state index is -0.0738. The maximum absolute atomic E-state index is 5.97. The zero-order valence-corrected chi connectivity index (χ0v) is 15.8. The van der Waals surface area contributed by atoms with E-state index in [-0.39, 0.29) is 21.2 Å². The van der Waals surface area contributed by atoms with Gasteiger partial charge in [-0.25, -0.2) is 0 Å². The summed E-state index contributed by atoms with van der Waals surface area (Å²) < 4.78 is 8.87. The molecule has 0 N–H and O–H groups in total. The van der Waals surface area contributed by atoms with Crippen LogP contribution in [0.5, 0.6) is 5.75 Å². The first-order valence-corrected chi connectivity index (χ1v) is 10.4. The predicted octanol–water partition coefficient (Wildman–Crippen LogP) is 2.41. The van der Waals surface area contributed by atoms with Crippen LogP contribution in [0.1, 0.15) is 39.5 Å². The van der Waals surface area contributed by atoms with Crippen molar-refractivity contribution < 1.29 is 25.9 Å². The number of halogens is 1. The summed E-state index contributed by atoms with van der Waals surface area (Å²) in [6.07, 6.45) is 5.07. The monoisotopic (exact) mass is 409 g/mol. The first-order chi connectivity index (χ1) is 10.8. The highest BCUT2D eigenvalue weighted by Gasteiger charge is 2.14. The Labute approximate surface area is 145 Å². The summed E-state index contributed by atoms with van der Waals surface area (Å²) in [5, 5.41) is 0. The van der Waals surface area contributed by atoms with E-state index in [1.54, 1.807) is 0 Å². The maximum Gasteiger partial charge on any atom is 0.357 e. The SMILES string of the molecule is CCCCC(CC)COc1ccc([I+]c2ccccc2)cc1. The van der Waals surface area contributed by atoms with Crippen LogP contribution in [0.2, 0.25) is 0 Å². The van der Waals surface area contributed by atoms with Crippen molar-refractivity contribution in [2.45, 2.75) is 39.5 Å². The second kappa shape index (κ2) is 9.88. The van der Waals surface area contributed by atoms with Crippen molar-refractivity contribution in [2.24, 2.45) is 5.92 Å². The molecule has 2 aromatic carbocycles. The van der Waals surface area contributed by atoms with Crippen molar-refractivity contribution in [3.63, 3.8) is 0 Å². The van der Waals surface area contributed by atoms with Crippen molar-refractivity contribution in [3.05, 3.63) is 61.7 Å². The zero-order valence-electron chi connectivity index (χ0n) is 13.6. The maximum atomic E-state index is 5.97. The third kappa shape index (κ3) is 5.99. The Bertz CT molecular complexity index is 521. The quantitative estimate of drug-likeness (QED) is 0.578. The molecule has 0 radical (unpaired) electrons. The Balaban J connectivity index is 1.83. The van der Waals surface area contributed by atoms with E-state index in [2.05, 4.69) is 68.4 Å². The van der Waals surface area contributed by atoms with Crippen LogP contribution in [-0.2, 0) is 0 Å². The lowest BCUT2D eigenvalue weighted by molar-refractivity contribution is -0.597. The summed E-state index contributed by atoms with van der Waals surface area (Å²) in [5.41, 5.74) is 0. The van der Waals surface area contributed by atoms with E-state index < -0.39 is 0 Å². The van der Waals surface area contributed by atoms with E-state index in [9.17, 15) is 0 Å². The zero-order chi connectivity index (χ0) is 15.6. The number of hydrogen-bond acceptors (Lipinski definition) is 1. The van der Waals surface area contributed by atoms with Crippen molar-refractivity contribution in [2.75, 3.05) is 6.61 Å². The van der Waals surface area contributed by atoms with Crippen LogP contribution in [0.15, 0.2) is 54.6 Å². The van der Waals surface area contributed by atoms with E-state index in [0.29, 0.717) is 5.92 Å². The lowest BCUT2D eigenvalue weighted by Gasteiger charge is -2.15. The molecule has 2 rings (SSSR count). The first kappa shape index (κ1) is 17.3. The highest BCUT2D eigenvalue weighted by molar-refractivity contribution is 5.20. The highest BCUT2D eigenvalue weighted by atomic mass is 127. The van der Waals surface area contributed by atoms with Crippen molar-refractivity contribution in [1.29, 1.82) is 0 Å². The van der Waals surface area contributed by atoms with Gasteiger partial charge >= 0.3 is 21.2 Å². The van der Waals surface area contributed by atoms with Gasteiger partial charge in [0.05, 0.1) is 6.61 Å². The van der Waals surface area contributed by atoms with Crippen LogP contribution in [0.25, 0.3) is 0 Å². The summed E-state index contributed by atoms with van der Waals surface area (Å²) >= 11 is -0.0738. The molecule has 118 valence electrons. The molecule has 0 bridgehead atoms. The van der Waals surface area contributed by atoms with Crippen molar-refractivity contribution in [3.8, 4) is 5.75 Å². The van der Waals surface area contributed by atoms with Gasteiger partial charge in [0.1, 0.15) is 5.75 Å². The van der Waals surface area contributed by atoms with E-state index in [0.717, 1.165) is 12.4 Å². The number of rotatable bonds is 9. The molecule has 0 aliphatic heterocycles. The fraction of sp³-hybridized carbons (Fsp3) is 0.400. The summed E-state index contributed by atoms with van der Waals surface area (Å²) in [6, 6.07) is 19.5. The van der Waals surface area contributed by atoms with Crippen LogP contribution in [0, 0.1) is 13.1 Å². The molecule has 0 saturated heterocycles. The minimum Gasteiger partial charge on any atom is -0.493 e. The van der Waals surface area contributed by atoms with Crippen molar-refractivity contribution in [1.82, 2.24) is 0 Å². The van der Waals surface area contributed by atoms with Gasteiger partial charge in [0.2, 0.25) is 0 Å². The Morgan fingerprint density at radius 3 is 2.23 bits per heavy atom. The van der Waals surface area contributed by atoms with Crippen LogP contribution in [-0.4, -0.2) is 6.61 Å². The van der Waals surface area contributed by atoms with Gasteiger partial charge in [-0.2, -0.15) is 0 Å². The normalized spacial score (nSPS) is 12.1. The largest absolute Gasteiger partial charge is 0.493 e. The molecule has 0 aliphatic carbocycles. The second-order valence-corrected chi connectivity index (χ2v) is 8.60. The summed E-state index contributed by atoms with van der Waals surface area (Å²) in [4.78, 5) is 0.